The van der Waals surface area contributed by atoms with Crippen LogP contribution in [-0.4, -0.2) is 49.9 Å². The SMILES string of the molecule is COC[C@H](Cc1ccccc1)n1c(C)nc2ccc(N(C)CCCC(=O)OC)cc2c1=O. The molecule has 0 aliphatic rings. The maximum Gasteiger partial charge on any atom is 0.305 e. The van der Waals surface area contributed by atoms with E-state index in [-0.39, 0.29) is 17.6 Å². The quantitative estimate of drug-likeness (QED) is 0.452. The van der Waals surface area contributed by atoms with Crippen molar-refractivity contribution in [3.63, 3.8) is 0 Å². The Labute approximate surface area is 188 Å². The van der Waals surface area contributed by atoms with Crippen molar-refractivity contribution < 1.29 is 14.3 Å². The number of nitrogens with zero attached hydrogens (tertiary/aromatic N) is 3. The zero-order valence-electron chi connectivity index (χ0n) is 19.2. The van der Waals surface area contributed by atoms with Crippen molar-refractivity contribution >= 4 is 22.6 Å². The van der Waals surface area contributed by atoms with Gasteiger partial charge in [0.1, 0.15) is 5.82 Å². The molecule has 2 aromatic carbocycles. The summed E-state index contributed by atoms with van der Waals surface area (Å²) in [5.74, 6) is 0.446. The number of carbonyl (C=O) groups is 1. The smallest absolute Gasteiger partial charge is 0.305 e. The van der Waals surface area contributed by atoms with Crippen LogP contribution in [0.1, 0.15) is 30.3 Å². The van der Waals surface area contributed by atoms with E-state index in [4.69, 9.17) is 14.5 Å². The normalized spacial score (nSPS) is 12.0. The minimum absolute atomic E-state index is 0.0738. The summed E-state index contributed by atoms with van der Waals surface area (Å²) < 4.78 is 11.9. The standard InChI is InChI=1S/C25H31N3O4/c1-18-26-23-13-12-20(27(2)14-8-11-24(29)32-4)16-22(23)25(30)28(18)21(17-31-3)15-19-9-6-5-7-10-19/h5-7,9-10,12-13,16,21H,8,11,14-15,17H2,1-4H3/t21-/m0/s1. The molecule has 1 heterocycles. The third-order valence-electron chi connectivity index (χ3n) is 5.64. The molecular formula is C25H31N3O4. The van der Waals surface area contributed by atoms with Crippen LogP contribution in [0.2, 0.25) is 0 Å². The molecule has 7 nitrogen and oxygen atoms in total. The molecule has 170 valence electrons. The number of hydrogen-bond donors (Lipinski definition) is 0. The lowest BCUT2D eigenvalue weighted by atomic mass is 10.1. The highest BCUT2D eigenvalue weighted by atomic mass is 16.5. The lowest BCUT2D eigenvalue weighted by molar-refractivity contribution is -0.140. The minimum atomic E-state index is -0.220. The van der Waals surface area contributed by atoms with E-state index >= 15 is 0 Å². The molecule has 0 N–H and O–H groups in total. The molecule has 0 spiro atoms. The second-order valence-corrected chi connectivity index (χ2v) is 7.94. The van der Waals surface area contributed by atoms with Gasteiger partial charge in [-0.15, -0.1) is 0 Å². The Morgan fingerprint density at radius 1 is 1.16 bits per heavy atom. The maximum atomic E-state index is 13.6. The van der Waals surface area contributed by atoms with E-state index in [0.29, 0.717) is 49.1 Å². The van der Waals surface area contributed by atoms with Gasteiger partial charge in [-0.25, -0.2) is 4.98 Å². The molecule has 3 rings (SSSR count). The first kappa shape index (κ1) is 23.5. The van der Waals surface area contributed by atoms with Gasteiger partial charge in [0.15, 0.2) is 0 Å². The third-order valence-corrected chi connectivity index (χ3v) is 5.64. The van der Waals surface area contributed by atoms with Crippen molar-refractivity contribution in [1.29, 1.82) is 0 Å². The molecule has 0 radical (unpaired) electrons. The average Bonchev–Trinajstić information content (AvgIpc) is 2.79. The summed E-state index contributed by atoms with van der Waals surface area (Å²) in [7, 11) is 4.99. The van der Waals surface area contributed by atoms with Crippen LogP contribution < -0.4 is 10.5 Å². The summed E-state index contributed by atoms with van der Waals surface area (Å²) in [6.45, 7) is 2.95. The number of anilines is 1. The fourth-order valence-corrected chi connectivity index (χ4v) is 3.96. The molecule has 7 heteroatoms. The van der Waals surface area contributed by atoms with E-state index in [1.54, 1.807) is 11.7 Å². The number of methoxy groups -OCH3 is 2. The van der Waals surface area contributed by atoms with Crippen molar-refractivity contribution in [3.05, 3.63) is 70.3 Å². The number of benzene rings is 2. The van der Waals surface area contributed by atoms with Gasteiger partial charge in [0, 0.05) is 32.8 Å². The number of fused-ring (bicyclic) bond motifs is 1. The topological polar surface area (TPSA) is 73.7 Å². The number of aryl methyl sites for hydroxylation is 1. The molecule has 0 bridgehead atoms. The van der Waals surface area contributed by atoms with Crippen LogP contribution in [0.15, 0.2) is 53.3 Å². The zero-order valence-corrected chi connectivity index (χ0v) is 19.2. The summed E-state index contributed by atoms with van der Waals surface area (Å²) in [5.41, 5.74) is 2.64. The van der Waals surface area contributed by atoms with Gasteiger partial charge in [-0.3, -0.25) is 14.2 Å². The molecule has 0 aliphatic carbocycles. The Morgan fingerprint density at radius 2 is 1.91 bits per heavy atom. The van der Waals surface area contributed by atoms with Crippen molar-refractivity contribution in [2.24, 2.45) is 0 Å². The molecule has 32 heavy (non-hydrogen) atoms. The summed E-state index contributed by atoms with van der Waals surface area (Å²) >= 11 is 0. The first-order valence-corrected chi connectivity index (χ1v) is 10.8. The van der Waals surface area contributed by atoms with Crippen LogP contribution in [0, 0.1) is 6.92 Å². The van der Waals surface area contributed by atoms with Gasteiger partial charge in [0.2, 0.25) is 0 Å². The number of aromatic nitrogens is 2. The van der Waals surface area contributed by atoms with Gasteiger partial charge >= 0.3 is 5.97 Å². The first-order chi connectivity index (χ1) is 15.4. The fraction of sp³-hybridized carbons (Fsp3) is 0.400. The van der Waals surface area contributed by atoms with Crippen molar-refractivity contribution in [2.45, 2.75) is 32.2 Å². The lowest BCUT2D eigenvalue weighted by Gasteiger charge is -2.23. The molecule has 0 saturated carbocycles. The number of rotatable bonds is 10. The molecule has 1 atom stereocenters. The largest absolute Gasteiger partial charge is 0.469 e. The van der Waals surface area contributed by atoms with Gasteiger partial charge in [-0.2, -0.15) is 0 Å². The van der Waals surface area contributed by atoms with Crippen LogP contribution in [-0.2, 0) is 20.7 Å². The summed E-state index contributed by atoms with van der Waals surface area (Å²) in [6, 6.07) is 15.6. The van der Waals surface area contributed by atoms with Crippen LogP contribution >= 0.6 is 0 Å². The Hall–Kier alpha value is -3.19. The number of esters is 1. The summed E-state index contributed by atoms with van der Waals surface area (Å²) in [4.78, 5) is 31.7. The van der Waals surface area contributed by atoms with Crippen LogP contribution in [0.25, 0.3) is 10.9 Å². The van der Waals surface area contributed by atoms with Gasteiger partial charge in [-0.05, 0) is 43.5 Å². The van der Waals surface area contributed by atoms with Crippen LogP contribution in [0.4, 0.5) is 5.69 Å². The van der Waals surface area contributed by atoms with Gasteiger partial charge in [0.05, 0.1) is 30.7 Å². The Bertz CT molecular complexity index is 1110. The van der Waals surface area contributed by atoms with E-state index in [2.05, 4.69) is 12.1 Å². The highest BCUT2D eigenvalue weighted by Crippen LogP contribution is 2.21. The Balaban J connectivity index is 1.93. The molecule has 1 aromatic heterocycles. The maximum absolute atomic E-state index is 13.6. The number of carbonyl (C=O) groups excluding carboxylic acids is 1. The molecule has 0 amide bonds. The van der Waals surface area contributed by atoms with E-state index in [1.165, 1.54) is 7.11 Å². The van der Waals surface area contributed by atoms with Gasteiger partial charge in [0.25, 0.3) is 5.56 Å². The van der Waals surface area contributed by atoms with Crippen LogP contribution in [0.3, 0.4) is 0 Å². The highest BCUT2D eigenvalue weighted by Gasteiger charge is 2.19. The fourth-order valence-electron chi connectivity index (χ4n) is 3.96. The van der Waals surface area contributed by atoms with Crippen molar-refractivity contribution in [3.8, 4) is 0 Å². The predicted molar refractivity (Wildman–Crippen MR) is 126 cm³/mol. The summed E-state index contributed by atoms with van der Waals surface area (Å²) in [5, 5.41) is 0.571. The van der Waals surface area contributed by atoms with Crippen molar-refractivity contribution in [2.75, 3.05) is 39.3 Å². The third kappa shape index (κ3) is 5.53. The highest BCUT2D eigenvalue weighted by molar-refractivity contribution is 5.82. The van der Waals surface area contributed by atoms with Crippen LogP contribution in [0.5, 0.6) is 0 Å². The molecule has 3 aromatic rings. The average molecular weight is 438 g/mol. The minimum Gasteiger partial charge on any atom is -0.469 e. The Morgan fingerprint density at radius 3 is 2.59 bits per heavy atom. The second kappa shape index (κ2) is 10.9. The van der Waals surface area contributed by atoms with Gasteiger partial charge in [-0.1, -0.05) is 30.3 Å². The molecule has 0 fully saturated rings. The summed E-state index contributed by atoms with van der Waals surface area (Å²) in [6.07, 6.45) is 1.71. The van der Waals surface area contributed by atoms with E-state index in [9.17, 15) is 9.59 Å². The molecule has 0 aliphatic heterocycles. The van der Waals surface area contributed by atoms with E-state index in [0.717, 1.165) is 11.3 Å². The van der Waals surface area contributed by atoms with Crippen molar-refractivity contribution in [1.82, 2.24) is 9.55 Å². The Kier molecular flexibility index (Phi) is 8.00. The van der Waals surface area contributed by atoms with Gasteiger partial charge < -0.3 is 14.4 Å². The number of hydrogen-bond acceptors (Lipinski definition) is 6. The van der Waals surface area contributed by atoms with E-state index in [1.807, 2.05) is 55.3 Å². The molecule has 0 saturated heterocycles. The number of ether oxygens (including phenoxy) is 2. The monoisotopic (exact) mass is 437 g/mol. The lowest BCUT2D eigenvalue weighted by Crippen LogP contribution is -2.32. The van der Waals surface area contributed by atoms with E-state index < -0.39 is 0 Å². The first-order valence-electron chi connectivity index (χ1n) is 10.8. The zero-order chi connectivity index (χ0) is 23.1. The molecule has 0 unspecified atom stereocenters. The second-order valence-electron chi connectivity index (χ2n) is 7.94. The molecular weight excluding hydrogens is 406 g/mol. The predicted octanol–water partition coefficient (Wildman–Crippen LogP) is 3.52.